The molecular formula is C22H33N3O. The first-order valence-corrected chi connectivity index (χ1v) is 10.4. The summed E-state index contributed by atoms with van der Waals surface area (Å²) in [6, 6.07) is 6.99. The number of rotatable bonds is 2. The second kappa shape index (κ2) is 7.22. The fourth-order valence-electron chi connectivity index (χ4n) is 5.48. The molecule has 0 aromatic heterocycles. The van der Waals surface area contributed by atoms with Crippen LogP contribution in [0.5, 0.6) is 0 Å². The minimum absolute atomic E-state index is 0.220. The highest BCUT2D eigenvalue weighted by molar-refractivity contribution is 5.79. The maximum Gasteiger partial charge on any atom is 0.225 e. The number of nitrogens with two attached hydrogens (primary N) is 1. The second-order valence-corrected chi connectivity index (χ2v) is 8.80. The second-order valence-electron chi connectivity index (χ2n) is 8.80. The van der Waals surface area contributed by atoms with Crippen molar-refractivity contribution in [2.24, 2.45) is 23.5 Å². The Morgan fingerprint density at radius 3 is 2.35 bits per heavy atom. The van der Waals surface area contributed by atoms with Crippen molar-refractivity contribution in [3.63, 3.8) is 0 Å². The molecule has 1 amide bonds. The number of benzene rings is 1. The Morgan fingerprint density at radius 2 is 1.69 bits per heavy atom. The fraction of sp³-hybridized carbons (Fsp3) is 0.682. The number of aryl methyl sites for hydroxylation is 2. The van der Waals surface area contributed by atoms with Crippen molar-refractivity contribution in [2.45, 2.75) is 52.0 Å². The SMILES string of the molecule is Cc1ccc(C)c(N2CCN(C(=O)C3CC4CCCC(C3)C4N)CC2)c1. The van der Waals surface area contributed by atoms with E-state index in [2.05, 4.69) is 41.8 Å². The van der Waals surface area contributed by atoms with Gasteiger partial charge in [-0.1, -0.05) is 18.6 Å². The Kier molecular flexibility index (Phi) is 4.96. The monoisotopic (exact) mass is 355 g/mol. The van der Waals surface area contributed by atoms with Crippen LogP contribution in [0.1, 0.15) is 43.2 Å². The molecule has 2 unspecified atom stereocenters. The molecule has 4 nitrogen and oxygen atoms in total. The minimum Gasteiger partial charge on any atom is -0.368 e. The average molecular weight is 356 g/mol. The van der Waals surface area contributed by atoms with E-state index in [1.807, 2.05) is 0 Å². The summed E-state index contributed by atoms with van der Waals surface area (Å²) in [6.07, 6.45) is 5.80. The number of fused-ring (bicyclic) bond motifs is 2. The molecule has 0 radical (unpaired) electrons. The number of anilines is 1. The van der Waals surface area contributed by atoms with Crippen molar-refractivity contribution < 1.29 is 4.79 Å². The number of piperazine rings is 1. The lowest BCUT2D eigenvalue weighted by Gasteiger charge is -2.45. The summed E-state index contributed by atoms with van der Waals surface area (Å²) in [4.78, 5) is 17.7. The molecule has 1 heterocycles. The van der Waals surface area contributed by atoms with Crippen LogP contribution in [0.3, 0.4) is 0 Å². The normalized spacial score (nSPS) is 31.8. The Labute approximate surface area is 157 Å². The smallest absolute Gasteiger partial charge is 0.225 e. The summed E-state index contributed by atoms with van der Waals surface area (Å²) in [6.45, 7) is 7.90. The van der Waals surface area contributed by atoms with Crippen LogP contribution in [0.15, 0.2) is 18.2 Å². The van der Waals surface area contributed by atoms with Crippen molar-refractivity contribution in [3.05, 3.63) is 29.3 Å². The van der Waals surface area contributed by atoms with Crippen LogP contribution >= 0.6 is 0 Å². The molecule has 142 valence electrons. The fourth-order valence-corrected chi connectivity index (χ4v) is 5.48. The molecule has 4 rings (SSSR count). The standard InChI is InChI=1S/C22H33N3O/c1-15-6-7-16(2)20(12-15)24-8-10-25(11-9-24)22(26)19-13-17-4-3-5-18(14-19)21(17)23/h6-7,12,17-19,21H,3-5,8-11,13-14,23H2,1-2H3. The van der Waals surface area contributed by atoms with Crippen LogP contribution in [0, 0.1) is 31.6 Å². The van der Waals surface area contributed by atoms with E-state index in [4.69, 9.17) is 5.73 Å². The quantitative estimate of drug-likeness (QED) is 0.887. The van der Waals surface area contributed by atoms with Gasteiger partial charge in [0.15, 0.2) is 0 Å². The van der Waals surface area contributed by atoms with Gasteiger partial charge in [-0.2, -0.15) is 0 Å². The predicted molar refractivity (Wildman–Crippen MR) is 106 cm³/mol. The highest BCUT2D eigenvalue weighted by Gasteiger charge is 2.41. The molecule has 2 bridgehead atoms. The van der Waals surface area contributed by atoms with E-state index < -0.39 is 0 Å². The summed E-state index contributed by atoms with van der Waals surface area (Å²) in [5.41, 5.74) is 10.4. The largest absolute Gasteiger partial charge is 0.368 e. The lowest BCUT2D eigenvalue weighted by atomic mass is 9.65. The zero-order valence-corrected chi connectivity index (χ0v) is 16.3. The van der Waals surface area contributed by atoms with Gasteiger partial charge in [0, 0.05) is 43.8 Å². The molecule has 3 fully saturated rings. The van der Waals surface area contributed by atoms with Crippen LogP contribution in [0.4, 0.5) is 5.69 Å². The average Bonchev–Trinajstić information content (AvgIpc) is 2.63. The number of carbonyl (C=O) groups is 1. The van der Waals surface area contributed by atoms with Gasteiger partial charge in [0.2, 0.25) is 5.91 Å². The van der Waals surface area contributed by atoms with Crippen molar-refractivity contribution in [2.75, 3.05) is 31.1 Å². The molecule has 1 aliphatic heterocycles. The molecular weight excluding hydrogens is 322 g/mol. The Morgan fingerprint density at radius 1 is 1.04 bits per heavy atom. The maximum atomic E-state index is 13.1. The summed E-state index contributed by atoms with van der Waals surface area (Å²) < 4.78 is 0. The third-order valence-electron chi connectivity index (χ3n) is 7.06. The van der Waals surface area contributed by atoms with Crippen LogP contribution in [0.25, 0.3) is 0 Å². The Bertz CT molecular complexity index is 651. The van der Waals surface area contributed by atoms with Crippen LogP contribution in [-0.2, 0) is 4.79 Å². The zero-order chi connectivity index (χ0) is 18.3. The molecule has 1 aromatic carbocycles. The number of hydrogen-bond acceptors (Lipinski definition) is 3. The number of amides is 1. The third kappa shape index (κ3) is 3.36. The van der Waals surface area contributed by atoms with Gasteiger partial charge in [0.1, 0.15) is 0 Å². The van der Waals surface area contributed by atoms with Crippen LogP contribution in [0.2, 0.25) is 0 Å². The first kappa shape index (κ1) is 17.8. The number of nitrogens with zero attached hydrogens (tertiary/aromatic N) is 2. The van der Waals surface area contributed by atoms with Gasteiger partial charge < -0.3 is 15.5 Å². The van der Waals surface area contributed by atoms with Gasteiger partial charge in [-0.15, -0.1) is 0 Å². The molecule has 4 heteroatoms. The van der Waals surface area contributed by atoms with E-state index in [0.29, 0.717) is 23.8 Å². The number of hydrogen-bond donors (Lipinski definition) is 1. The highest BCUT2D eigenvalue weighted by Crippen LogP contribution is 2.42. The summed E-state index contributed by atoms with van der Waals surface area (Å²) >= 11 is 0. The van der Waals surface area contributed by atoms with Crippen LogP contribution in [-0.4, -0.2) is 43.0 Å². The molecule has 1 aromatic rings. The number of carbonyl (C=O) groups excluding carboxylic acids is 1. The first-order chi connectivity index (χ1) is 12.5. The van der Waals surface area contributed by atoms with E-state index in [0.717, 1.165) is 39.0 Å². The molecule has 2 N–H and O–H groups in total. The summed E-state index contributed by atoms with van der Waals surface area (Å²) in [5.74, 6) is 1.77. The minimum atomic E-state index is 0.220. The van der Waals surface area contributed by atoms with Crippen LogP contribution < -0.4 is 10.6 Å². The van der Waals surface area contributed by atoms with Gasteiger partial charge >= 0.3 is 0 Å². The van der Waals surface area contributed by atoms with Gasteiger partial charge in [-0.25, -0.2) is 0 Å². The van der Waals surface area contributed by atoms with E-state index in [-0.39, 0.29) is 5.92 Å². The van der Waals surface area contributed by atoms with Gasteiger partial charge in [-0.3, -0.25) is 4.79 Å². The Balaban J connectivity index is 1.37. The van der Waals surface area contributed by atoms with Crippen molar-refractivity contribution in [1.29, 1.82) is 0 Å². The molecule has 2 atom stereocenters. The topological polar surface area (TPSA) is 49.6 Å². The van der Waals surface area contributed by atoms with E-state index in [1.54, 1.807) is 0 Å². The zero-order valence-electron chi connectivity index (χ0n) is 16.3. The van der Waals surface area contributed by atoms with Crippen molar-refractivity contribution in [1.82, 2.24) is 4.90 Å². The van der Waals surface area contributed by atoms with Crippen molar-refractivity contribution in [3.8, 4) is 0 Å². The molecule has 3 aliphatic rings. The molecule has 0 spiro atoms. The molecule has 26 heavy (non-hydrogen) atoms. The predicted octanol–water partition coefficient (Wildman–Crippen LogP) is 3.11. The highest BCUT2D eigenvalue weighted by atomic mass is 16.2. The third-order valence-corrected chi connectivity index (χ3v) is 7.06. The van der Waals surface area contributed by atoms with Crippen molar-refractivity contribution >= 4 is 11.6 Å². The Hall–Kier alpha value is -1.55. The lowest BCUT2D eigenvalue weighted by molar-refractivity contribution is -0.138. The van der Waals surface area contributed by atoms with E-state index in [1.165, 1.54) is 36.1 Å². The maximum absolute atomic E-state index is 13.1. The molecule has 1 saturated heterocycles. The summed E-state index contributed by atoms with van der Waals surface area (Å²) in [5, 5.41) is 0. The van der Waals surface area contributed by atoms with E-state index >= 15 is 0 Å². The van der Waals surface area contributed by atoms with Gasteiger partial charge in [0.25, 0.3) is 0 Å². The van der Waals surface area contributed by atoms with Gasteiger partial charge in [-0.05, 0) is 68.6 Å². The molecule has 2 aliphatic carbocycles. The first-order valence-electron chi connectivity index (χ1n) is 10.4. The summed E-state index contributed by atoms with van der Waals surface area (Å²) in [7, 11) is 0. The van der Waals surface area contributed by atoms with Gasteiger partial charge in [0.05, 0.1) is 0 Å². The molecule has 2 saturated carbocycles. The lowest BCUT2D eigenvalue weighted by Crippen LogP contribution is -2.53. The van der Waals surface area contributed by atoms with E-state index in [9.17, 15) is 4.79 Å².